The molecule has 1 N–H and O–H groups in total. The zero-order valence-electron chi connectivity index (χ0n) is 10.7. The number of aromatic nitrogens is 1. The Balaban J connectivity index is 1.89. The van der Waals surface area contributed by atoms with Gasteiger partial charge in [0.05, 0.1) is 5.54 Å². The van der Waals surface area contributed by atoms with Crippen LogP contribution in [0.4, 0.5) is 5.82 Å². The number of hydrogen-bond donors (Lipinski definition) is 1. The van der Waals surface area contributed by atoms with E-state index in [1.54, 1.807) is 0 Å². The number of hydrogen-bond acceptors (Lipinski definition) is 3. The Morgan fingerprint density at radius 2 is 2.06 bits per heavy atom. The molecule has 0 amide bonds. The van der Waals surface area contributed by atoms with Crippen LogP contribution in [0, 0.1) is 0 Å². The Kier molecular flexibility index (Phi) is 3.57. The first kappa shape index (κ1) is 12.4. The minimum absolute atomic E-state index is 0.317. The van der Waals surface area contributed by atoms with E-state index >= 15 is 0 Å². The summed E-state index contributed by atoms with van der Waals surface area (Å²) >= 11 is 3.46. The number of anilines is 1. The van der Waals surface area contributed by atoms with Crippen LogP contribution in [0.5, 0.6) is 0 Å². The minimum Gasteiger partial charge on any atom is -0.348 e. The lowest BCUT2D eigenvalue weighted by Crippen LogP contribution is -2.62. The molecule has 1 aliphatic carbocycles. The highest BCUT2D eigenvalue weighted by atomic mass is 79.9. The Bertz CT molecular complexity index is 390. The molecule has 98 valence electrons. The van der Waals surface area contributed by atoms with E-state index in [4.69, 9.17) is 0 Å². The molecule has 0 atom stereocenters. The van der Waals surface area contributed by atoms with Crippen LogP contribution in [0.2, 0.25) is 0 Å². The Hall–Kier alpha value is -0.610. The first-order valence-corrected chi connectivity index (χ1v) is 7.69. The van der Waals surface area contributed by atoms with Gasteiger partial charge in [0.15, 0.2) is 0 Å². The molecule has 0 unspecified atom stereocenters. The molecule has 0 radical (unpaired) electrons. The predicted molar refractivity (Wildman–Crippen MR) is 78.0 cm³/mol. The SMILES string of the molecule is Brc1ccc(N2CCNCC23CCCCC3)nc1. The Labute approximate surface area is 117 Å². The van der Waals surface area contributed by atoms with Crippen molar-refractivity contribution in [2.24, 2.45) is 0 Å². The molecular formula is C14H20BrN3. The van der Waals surface area contributed by atoms with Crippen molar-refractivity contribution < 1.29 is 0 Å². The molecule has 3 rings (SSSR count). The van der Waals surface area contributed by atoms with E-state index in [0.717, 1.165) is 29.9 Å². The number of nitrogens with one attached hydrogen (secondary N) is 1. The number of pyridine rings is 1. The molecule has 1 aromatic rings. The van der Waals surface area contributed by atoms with Crippen molar-refractivity contribution in [1.82, 2.24) is 10.3 Å². The lowest BCUT2D eigenvalue weighted by molar-refractivity contribution is 0.239. The molecule has 0 bridgehead atoms. The molecule has 1 saturated heterocycles. The zero-order valence-corrected chi connectivity index (χ0v) is 12.2. The molecule has 4 heteroatoms. The van der Waals surface area contributed by atoms with Crippen LogP contribution in [-0.4, -0.2) is 30.2 Å². The molecule has 1 aromatic heterocycles. The summed E-state index contributed by atoms with van der Waals surface area (Å²) < 4.78 is 1.05. The fourth-order valence-electron chi connectivity index (χ4n) is 3.39. The van der Waals surface area contributed by atoms with Gasteiger partial charge in [-0.1, -0.05) is 19.3 Å². The van der Waals surface area contributed by atoms with Gasteiger partial charge in [0.25, 0.3) is 0 Å². The van der Waals surface area contributed by atoms with E-state index in [1.165, 1.54) is 32.1 Å². The third-order valence-electron chi connectivity index (χ3n) is 4.31. The van der Waals surface area contributed by atoms with Crippen molar-refractivity contribution in [2.75, 3.05) is 24.5 Å². The molecule has 1 aliphatic heterocycles. The maximum absolute atomic E-state index is 4.60. The molecular weight excluding hydrogens is 290 g/mol. The molecule has 2 heterocycles. The molecule has 1 saturated carbocycles. The van der Waals surface area contributed by atoms with Crippen LogP contribution in [-0.2, 0) is 0 Å². The van der Waals surface area contributed by atoms with E-state index in [1.807, 2.05) is 6.20 Å². The van der Waals surface area contributed by atoms with Crippen molar-refractivity contribution >= 4 is 21.7 Å². The molecule has 0 aromatic carbocycles. The summed E-state index contributed by atoms with van der Waals surface area (Å²) in [5.41, 5.74) is 0.317. The largest absolute Gasteiger partial charge is 0.348 e. The van der Waals surface area contributed by atoms with Crippen LogP contribution in [0.1, 0.15) is 32.1 Å². The number of halogens is 1. The fourth-order valence-corrected chi connectivity index (χ4v) is 3.62. The van der Waals surface area contributed by atoms with Crippen LogP contribution < -0.4 is 10.2 Å². The Morgan fingerprint density at radius 3 is 2.78 bits per heavy atom. The van der Waals surface area contributed by atoms with E-state index in [-0.39, 0.29) is 0 Å². The van der Waals surface area contributed by atoms with Gasteiger partial charge in [0, 0.05) is 30.3 Å². The molecule has 1 spiro atoms. The van der Waals surface area contributed by atoms with E-state index in [0.29, 0.717) is 5.54 Å². The topological polar surface area (TPSA) is 28.2 Å². The summed E-state index contributed by atoms with van der Waals surface area (Å²) in [6.07, 6.45) is 8.62. The second kappa shape index (κ2) is 5.17. The number of rotatable bonds is 1. The standard InChI is InChI=1S/C14H20BrN3/c15-12-4-5-13(17-10-12)18-9-8-16-11-14(18)6-2-1-3-7-14/h4-5,10,16H,1-3,6-9,11H2. The zero-order chi connectivity index (χ0) is 12.4. The second-order valence-electron chi connectivity index (χ2n) is 5.45. The van der Waals surface area contributed by atoms with Crippen molar-refractivity contribution in [3.63, 3.8) is 0 Å². The van der Waals surface area contributed by atoms with Crippen LogP contribution in [0.15, 0.2) is 22.8 Å². The van der Waals surface area contributed by atoms with Crippen LogP contribution in [0.3, 0.4) is 0 Å². The van der Waals surface area contributed by atoms with Gasteiger partial charge < -0.3 is 10.2 Å². The number of piperazine rings is 1. The van der Waals surface area contributed by atoms with Crippen LogP contribution in [0.25, 0.3) is 0 Å². The maximum atomic E-state index is 4.60. The second-order valence-corrected chi connectivity index (χ2v) is 6.36. The highest BCUT2D eigenvalue weighted by Crippen LogP contribution is 2.37. The van der Waals surface area contributed by atoms with Crippen LogP contribution >= 0.6 is 15.9 Å². The molecule has 2 fully saturated rings. The maximum Gasteiger partial charge on any atom is 0.129 e. The van der Waals surface area contributed by atoms with E-state index < -0.39 is 0 Å². The van der Waals surface area contributed by atoms with E-state index in [2.05, 4.69) is 43.3 Å². The summed E-state index contributed by atoms with van der Waals surface area (Å²) in [6, 6.07) is 4.24. The first-order chi connectivity index (χ1) is 8.80. The predicted octanol–water partition coefficient (Wildman–Crippen LogP) is 2.96. The summed E-state index contributed by atoms with van der Waals surface area (Å²) in [5.74, 6) is 1.14. The van der Waals surface area contributed by atoms with E-state index in [9.17, 15) is 0 Å². The van der Waals surface area contributed by atoms with Crippen molar-refractivity contribution in [1.29, 1.82) is 0 Å². The van der Waals surface area contributed by atoms with Gasteiger partial charge in [-0.25, -0.2) is 4.98 Å². The minimum atomic E-state index is 0.317. The summed E-state index contributed by atoms with van der Waals surface area (Å²) in [6.45, 7) is 3.26. The lowest BCUT2D eigenvalue weighted by atomic mass is 9.79. The quantitative estimate of drug-likeness (QED) is 0.864. The average molecular weight is 310 g/mol. The lowest BCUT2D eigenvalue weighted by Gasteiger charge is -2.50. The first-order valence-electron chi connectivity index (χ1n) is 6.90. The normalized spacial score (nSPS) is 23.3. The van der Waals surface area contributed by atoms with Gasteiger partial charge in [-0.3, -0.25) is 0 Å². The van der Waals surface area contributed by atoms with Crippen molar-refractivity contribution in [2.45, 2.75) is 37.6 Å². The van der Waals surface area contributed by atoms with Crippen molar-refractivity contribution in [3.05, 3.63) is 22.8 Å². The fraction of sp³-hybridized carbons (Fsp3) is 0.643. The highest BCUT2D eigenvalue weighted by molar-refractivity contribution is 9.10. The van der Waals surface area contributed by atoms with Gasteiger partial charge in [-0.05, 0) is 40.9 Å². The van der Waals surface area contributed by atoms with Crippen molar-refractivity contribution in [3.8, 4) is 0 Å². The van der Waals surface area contributed by atoms with Gasteiger partial charge >= 0.3 is 0 Å². The summed E-state index contributed by atoms with van der Waals surface area (Å²) in [4.78, 5) is 7.15. The average Bonchev–Trinajstić information content (AvgIpc) is 2.42. The Morgan fingerprint density at radius 1 is 1.22 bits per heavy atom. The third kappa shape index (κ3) is 2.28. The van der Waals surface area contributed by atoms with Gasteiger partial charge in [-0.2, -0.15) is 0 Å². The molecule has 3 nitrogen and oxygen atoms in total. The van der Waals surface area contributed by atoms with Gasteiger partial charge in [-0.15, -0.1) is 0 Å². The molecule has 2 aliphatic rings. The summed E-state index contributed by atoms with van der Waals surface area (Å²) in [5, 5.41) is 3.58. The monoisotopic (exact) mass is 309 g/mol. The highest BCUT2D eigenvalue weighted by Gasteiger charge is 2.40. The molecule has 18 heavy (non-hydrogen) atoms. The van der Waals surface area contributed by atoms with Gasteiger partial charge in [0.1, 0.15) is 5.82 Å². The smallest absolute Gasteiger partial charge is 0.129 e. The number of nitrogens with zero attached hydrogens (tertiary/aromatic N) is 2. The summed E-state index contributed by atoms with van der Waals surface area (Å²) in [7, 11) is 0. The van der Waals surface area contributed by atoms with Gasteiger partial charge in [0.2, 0.25) is 0 Å². The third-order valence-corrected chi connectivity index (χ3v) is 4.78.